The molecule has 0 unspecified atom stereocenters. The largest absolute Gasteiger partial charge is 0.507 e. The van der Waals surface area contributed by atoms with Crippen molar-refractivity contribution in [2.24, 2.45) is 0 Å². The highest BCUT2D eigenvalue weighted by molar-refractivity contribution is 6.08. The highest BCUT2D eigenvalue weighted by atomic mass is 19.1. The number of aromatic carboxylic acids is 1. The van der Waals surface area contributed by atoms with Crippen LogP contribution in [0.3, 0.4) is 0 Å². The minimum Gasteiger partial charge on any atom is -0.507 e. The van der Waals surface area contributed by atoms with Crippen molar-refractivity contribution in [3.63, 3.8) is 0 Å². The molecule has 0 saturated carbocycles. The van der Waals surface area contributed by atoms with Crippen LogP contribution in [0.5, 0.6) is 5.75 Å². The van der Waals surface area contributed by atoms with Gasteiger partial charge in [0.05, 0.1) is 11.1 Å². The molecule has 5 nitrogen and oxygen atoms in total. The molecule has 0 atom stereocenters. The first-order valence-corrected chi connectivity index (χ1v) is 10.4. The third-order valence-electron chi connectivity index (χ3n) is 6.29. The fourth-order valence-corrected chi connectivity index (χ4v) is 5.20. The van der Waals surface area contributed by atoms with Crippen LogP contribution in [-0.4, -0.2) is 45.8 Å². The summed E-state index contributed by atoms with van der Waals surface area (Å²) < 4.78 is 15.8. The summed E-state index contributed by atoms with van der Waals surface area (Å²) in [7, 11) is 2.04. The number of likely N-dealkylation sites (tertiary alicyclic amines) is 1. The van der Waals surface area contributed by atoms with Crippen LogP contribution in [0.15, 0.2) is 66.7 Å². The number of phenolic OH excluding ortho intramolecular Hbond substituents is 1. The van der Waals surface area contributed by atoms with Gasteiger partial charge in [-0.1, -0.05) is 31.2 Å². The van der Waals surface area contributed by atoms with Crippen molar-refractivity contribution < 1.29 is 19.4 Å². The van der Waals surface area contributed by atoms with Gasteiger partial charge in [0, 0.05) is 40.8 Å². The molecule has 1 aliphatic heterocycles. The maximum absolute atomic E-state index is 13.7. The zero-order valence-corrected chi connectivity index (χ0v) is 17.8. The van der Waals surface area contributed by atoms with E-state index in [2.05, 4.69) is 11.8 Å². The van der Waals surface area contributed by atoms with E-state index in [0.717, 1.165) is 30.0 Å². The predicted octanol–water partition coefficient (Wildman–Crippen LogP) is 5.04. The molecule has 5 rings (SSSR count). The number of rotatable bonds is 4. The third kappa shape index (κ3) is 2.99. The normalized spacial score (nSPS) is 15.6. The Hall–Kier alpha value is -3.64. The number of aromatic hydroxyl groups is 1. The molecular formula is C26H23FN2O3. The highest BCUT2D eigenvalue weighted by Gasteiger charge is 2.44. The van der Waals surface area contributed by atoms with Gasteiger partial charge in [0.2, 0.25) is 0 Å². The number of aromatic nitrogens is 1. The second kappa shape index (κ2) is 7.21. The molecule has 4 aromatic rings. The average Bonchev–Trinajstić information content (AvgIpc) is 3.10. The number of phenols is 1. The van der Waals surface area contributed by atoms with Crippen molar-refractivity contribution in [3.8, 4) is 22.6 Å². The summed E-state index contributed by atoms with van der Waals surface area (Å²) in [6.45, 7) is 3.69. The van der Waals surface area contributed by atoms with E-state index in [0.29, 0.717) is 16.5 Å². The molecule has 2 heterocycles. The van der Waals surface area contributed by atoms with E-state index >= 15 is 0 Å². The van der Waals surface area contributed by atoms with Crippen LogP contribution in [0.1, 0.15) is 23.0 Å². The molecular weight excluding hydrogens is 407 g/mol. The Kier molecular flexibility index (Phi) is 4.57. The van der Waals surface area contributed by atoms with Gasteiger partial charge in [0.25, 0.3) is 0 Å². The Morgan fingerprint density at radius 3 is 2.34 bits per heavy atom. The van der Waals surface area contributed by atoms with Crippen LogP contribution < -0.4 is 0 Å². The lowest BCUT2D eigenvalue weighted by Crippen LogP contribution is -2.56. The van der Waals surface area contributed by atoms with Gasteiger partial charge < -0.3 is 19.7 Å². The van der Waals surface area contributed by atoms with Gasteiger partial charge in [-0.2, -0.15) is 0 Å². The predicted molar refractivity (Wildman–Crippen MR) is 122 cm³/mol. The molecule has 162 valence electrons. The molecule has 6 heteroatoms. The minimum atomic E-state index is -1.03. The summed E-state index contributed by atoms with van der Waals surface area (Å²) in [6.07, 6.45) is 0. The number of hydrogen-bond donors (Lipinski definition) is 2. The van der Waals surface area contributed by atoms with Crippen molar-refractivity contribution >= 4 is 16.9 Å². The quantitative estimate of drug-likeness (QED) is 0.476. The summed E-state index contributed by atoms with van der Waals surface area (Å²) in [5.74, 6) is -1.28. The minimum absolute atomic E-state index is 0.0797. The standard InChI is InChI=1S/C26H23FN2O3/c1-26(14-28(2)15-26)24-22(18-6-3-4-7-19(18)25(31)32)23-20(8-5-9-21(23)30)29(24)17-12-10-16(27)11-13-17/h3-13,30H,14-15H2,1-2H3,(H,31,32). The van der Waals surface area contributed by atoms with Crippen LogP contribution in [0.25, 0.3) is 27.7 Å². The second-order valence-electron chi connectivity index (χ2n) is 8.79. The van der Waals surface area contributed by atoms with Gasteiger partial charge in [-0.3, -0.25) is 0 Å². The van der Waals surface area contributed by atoms with Crippen molar-refractivity contribution in [2.75, 3.05) is 20.1 Å². The third-order valence-corrected chi connectivity index (χ3v) is 6.29. The van der Waals surface area contributed by atoms with Crippen LogP contribution in [0.4, 0.5) is 4.39 Å². The van der Waals surface area contributed by atoms with Gasteiger partial charge in [-0.25, -0.2) is 9.18 Å². The lowest BCUT2D eigenvalue weighted by atomic mass is 9.75. The number of carbonyl (C=O) groups is 1. The first-order chi connectivity index (χ1) is 15.3. The maximum atomic E-state index is 13.7. The van der Waals surface area contributed by atoms with Crippen LogP contribution in [0, 0.1) is 5.82 Å². The topological polar surface area (TPSA) is 65.7 Å². The Balaban J connectivity index is 1.97. The van der Waals surface area contributed by atoms with Crippen molar-refractivity contribution in [1.82, 2.24) is 9.47 Å². The van der Waals surface area contributed by atoms with Crippen LogP contribution >= 0.6 is 0 Å². The first-order valence-electron chi connectivity index (χ1n) is 10.4. The number of benzene rings is 3. The number of carboxylic acids is 1. The van der Waals surface area contributed by atoms with E-state index in [4.69, 9.17) is 0 Å². The molecule has 0 bridgehead atoms. The fourth-order valence-electron chi connectivity index (χ4n) is 5.20. The molecule has 2 N–H and O–H groups in total. The summed E-state index contributed by atoms with van der Waals surface area (Å²) in [6, 6.07) is 18.4. The molecule has 0 radical (unpaired) electrons. The van der Waals surface area contributed by atoms with Crippen molar-refractivity contribution in [1.29, 1.82) is 0 Å². The zero-order valence-electron chi connectivity index (χ0n) is 17.8. The van der Waals surface area contributed by atoms with Gasteiger partial charge in [-0.15, -0.1) is 0 Å². The maximum Gasteiger partial charge on any atom is 0.336 e. The van der Waals surface area contributed by atoms with E-state index in [9.17, 15) is 19.4 Å². The molecule has 1 aliphatic rings. The highest BCUT2D eigenvalue weighted by Crippen LogP contribution is 2.49. The summed E-state index contributed by atoms with van der Waals surface area (Å²) >= 11 is 0. The molecule has 3 aromatic carbocycles. The second-order valence-corrected chi connectivity index (χ2v) is 8.79. The van der Waals surface area contributed by atoms with Gasteiger partial charge in [0.1, 0.15) is 11.6 Å². The number of likely N-dealkylation sites (N-methyl/N-ethyl adjacent to an activating group) is 1. The van der Waals surface area contributed by atoms with Crippen LogP contribution in [-0.2, 0) is 5.41 Å². The Bertz CT molecular complexity index is 1350. The fraction of sp³-hybridized carbons (Fsp3) is 0.192. The van der Waals surface area contributed by atoms with Crippen molar-refractivity contribution in [2.45, 2.75) is 12.3 Å². The SMILES string of the molecule is CN1CC(C)(c2c(-c3ccccc3C(=O)O)c3c(O)cccc3n2-c2ccc(F)cc2)C1. The van der Waals surface area contributed by atoms with E-state index < -0.39 is 5.97 Å². The molecule has 0 aliphatic carbocycles. The Morgan fingerprint density at radius 2 is 1.69 bits per heavy atom. The monoisotopic (exact) mass is 430 g/mol. The number of hydrogen-bond acceptors (Lipinski definition) is 3. The lowest BCUT2D eigenvalue weighted by molar-refractivity contribution is 0.0697. The van der Waals surface area contributed by atoms with Crippen molar-refractivity contribution in [3.05, 3.63) is 83.8 Å². The van der Waals surface area contributed by atoms with Gasteiger partial charge in [-0.05, 0) is 55.1 Å². The number of fused-ring (bicyclic) bond motifs is 1. The average molecular weight is 430 g/mol. The van der Waals surface area contributed by atoms with E-state index in [1.165, 1.54) is 12.1 Å². The number of nitrogens with zero attached hydrogens (tertiary/aromatic N) is 2. The molecule has 1 fully saturated rings. The Labute approximate surface area is 185 Å². The Morgan fingerprint density at radius 1 is 1.00 bits per heavy atom. The summed E-state index contributed by atoms with van der Waals surface area (Å²) in [5, 5.41) is 21.5. The molecule has 1 aromatic heterocycles. The van der Waals surface area contributed by atoms with Crippen LogP contribution in [0.2, 0.25) is 0 Å². The summed E-state index contributed by atoms with van der Waals surface area (Å²) in [5.41, 5.74) is 3.55. The molecule has 1 saturated heterocycles. The number of carboxylic acid groups (broad SMARTS) is 1. The zero-order chi connectivity index (χ0) is 22.6. The summed E-state index contributed by atoms with van der Waals surface area (Å²) in [4.78, 5) is 14.3. The van der Waals surface area contributed by atoms with Gasteiger partial charge >= 0.3 is 5.97 Å². The smallest absolute Gasteiger partial charge is 0.336 e. The molecule has 0 spiro atoms. The van der Waals surface area contributed by atoms with E-state index in [-0.39, 0.29) is 22.5 Å². The number of halogens is 1. The molecule has 32 heavy (non-hydrogen) atoms. The van der Waals surface area contributed by atoms with Gasteiger partial charge in [0.15, 0.2) is 0 Å². The molecule has 0 amide bonds. The lowest BCUT2D eigenvalue weighted by Gasteiger charge is -2.47. The van der Waals surface area contributed by atoms with E-state index in [1.54, 1.807) is 42.5 Å². The first kappa shape index (κ1) is 20.3. The van der Waals surface area contributed by atoms with E-state index in [1.807, 2.05) is 23.7 Å².